The highest BCUT2D eigenvalue weighted by Gasteiger charge is 2.02. The molecule has 94 valence electrons. The van der Waals surface area contributed by atoms with E-state index in [0.29, 0.717) is 11.5 Å². The Kier molecular flexibility index (Phi) is 12.7. The molecular weight excluding hydrogens is 207 g/mol. The Bertz CT molecular complexity index is 262. The van der Waals surface area contributed by atoms with E-state index >= 15 is 0 Å². The molecule has 3 heteroatoms. The van der Waals surface area contributed by atoms with Crippen molar-refractivity contribution < 1.29 is 13.9 Å². The number of rotatable bonds is 2. The summed E-state index contributed by atoms with van der Waals surface area (Å²) in [5.74, 6) is 0.615. The van der Waals surface area contributed by atoms with E-state index in [1.165, 1.54) is 38.8 Å². The van der Waals surface area contributed by atoms with Crippen molar-refractivity contribution in [3.63, 3.8) is 0 Å². The molecule has 1 aromatic carbocycles. The van der Waals surface area contributed by atoms with Gasteiger partial charge in [0.05, 0.1) is 14.2 Å². The second-order valence-electron chi connectivity index (χ2n) is 2.71. The highest BCUT2D eigenvalue weighted by atomic mass is 19.1. The molecule has 0 aliphatic rings. The minimum atomic E-state index is -0.331. The van der Waals surface area contributed by atoms with E-state index in [2.05, 4.69) is 13.8 Å². The molecule has 0 aromatic heterocycles. The predicted molar refractivity (Wildman–Crippen MR) is 66.8 cm³/mol. The Hall–Kier alpha value is -1.25. The molecule has 0 saturated heterocycles. The first-order valence-electron chi connectivity index (χ1n) is 5.57. The maximum absolute atomic E-state index is 12.5. The normalized spacial score (nSPS) is 7.94. The molecule has 1 aromatic rings. The SMILES string of the molecule is CC.CCC.COc1ccc(F)cc1OC. The van der Waals surface area contributed by atoms with Crippen LogP contribution in [0.2, 0.25) is 0 Å². The van der Waals surface area contributed by atoms with Crippen LogP contribution in [0.25, 0.3) is 0 Å². The molecule has 0 aliphatic carbocycles. The Labute approximate surface area is 98.4 Å². The van der Waals surface area contributed by atoms with Crippen LogP contribution in [0.5, 0.6) is 11.5 Å². The largest absolute Gasteiger partial charge is 0.493 e. The molecule has 0 atom stereocenters. The van der Waals surface area contributed by atoms with Crippen molar-refractivity contribution in [1.29, 1.82) is 0 Å². The smallest absolute Gasteiger partial charge is 0.163 e. The lowest BCUT2D eigenvalue weighted by atomic mass is 10.3. The monoisotopic (exact) mass is 230 g/mol. The summed E-state index contributed by atoms with van der Waals surface area (Å²) in [6.07, 6.45) is 1.25. The fourth-order valence-electron chi connectivity index (χ4n) is 0.810. The van der Waals surface area contributed by atoms with Gasteiger partial charge in [0.25, 0.3) is 0 Å². The molecule has 0 saturated carbocycles. The predicted octanol–water partition coefficient (Wildman–Crippen LogP) is 4.29. The van der Waals surface area contributed by atoms with Crippen LogP contribution < -0.4 is 9.47 Å². The van der Waals surface area contributed by atoms with Crippen LogP contribution in [-0.4, -0.2) is 14.2 Å². The molecular formula is C13H23FO2. The minimum absolute atomic E-state index is 0.331. The van der Waals surface area contributed by atoms with Crippen LogP contribution in [-0.2, 0) is 0 Å². The summed E-state index contributed by atoms with van der Waals surface area (Å²) in [4.78, 5) is 0. The summed E-state index contributed by atoms with van der Waals surface area (Å²) in [7, 11) is 2.98. The maximum Gasteiger partial charge on any atom is 0.163 e. The third-order valence-electron chi connectivity index (χ3n) is 1.35. The zero-order valence-corrected chi connectivity index (χ0v) is 11.1. The molecule has 0 heterocycles. The van der Waals surface area contributed by atoms with Crippen LogP contribution in [0.15, 0.2) is 18.2 Å². The van der Waals surface area contributed by atoms with Crippen molar-refractivity contribution in [3.05, 3.63) is 24.0 Å². The van der Waals surface area contributed by atoms with Gasteiger partial charge in [-0.25, -0.2) is 4.39 Å². The summed E-state index contributed by atoms with van der Waals surface area (Å²) in [6.45, 7) is 8.25. The van der Waals surface area contributed by atoms with E-state index in [-0.39, 0.29) is 5.82 Å². The van der Waals surface area contributed by atoms with E-state index in [4.69, 9.17) is 9.47 Å². The first-order chi connectivity index (χ1) is 7.69. The number of hydrogen-bond acceptors (Lipinski definition) is 2. The molecule has 1 rings (SSSR count). The summed E-state index contributed by atoms with van der Waals surface area (Å²) < 4.78 is 22.3. The maximum atomic E-state index is 12.5. The second kappa shape index (κ2) is 11.8. The van der Waals surface area contributed by atoms with Crippen LogP contribution in [0, 0.1) is 5.82 Å². The molecule has 0 N–H and O–H groups in total. The standard InChI is InChI=1S/C8H9FO2.C3H8.C2H6/c1-10-7-4-3-6(9)5-8(7)11-2;1-3-2;1-2/h3-5H,1-2H3;3H2,1-2H3;1-2H3. The fourth-order valence-corrected chi connectivity index (χ4v) is 0.810. The first kappa shape index (κ1) is 17.2. The minimum Gasteiger partial charge on any atom is -0.493 e. The number of benzene rings is 1. The Morgan fingerprint density at radius 3 is 1.81 bits per heavy atom. The molecule has 0 fully saturated rings. The molecule has 16 heavy (non-hydrogen) atoms. The highest BCUT2D eigenvalue weighted by molar-refractivity contribution is 5.39. The molecule has 0 amide bonds. The van der Waals surface area contributed by atoms with E-state index in [0.717, 1.165) is 0 Å². The Morgan fingerprint density at radius 2 is 1.44 bits per heavy atom. The van der Waals surface area contributed by atoms with E-state index in [9.17, 15) is 4.39 Å². The van der Waals surface area contributed by atoms with Gasteiger partial charge in [0.1, 0.15) is 5.82 Å². The summed E-state index contributed by atoms with van der Waals surface area (Å²) in [5, 5.41) is 0. The zero-order valence-electron chi connectivity index (χ0n) is 11.1. The first-order valence-corrected chi connectivity index (χ1v) is 5.57. The van der Waals surface area contributed by atoms with Crippen molar-refractivity contribution >= 4 is 0 Å². The lowest BCUT2D eigenvalue weighted by molar-refractivity contribution is 0.352. The van der Waals surface area contributed by atoms with Crippen LogP contribution >= 0.6 is 0 Å². The zero-order chi connectivity index (χ0) is 13.0. The van der Waals surface area contributed by atoms with Crippen molar-refractivity contribution in [2.75, 3.05) is 14.2 Å². The number of ether oxygens (including phenoxy) is 2. The van der Waals surface area contributed by atoms with Gasteiger partial charge < -0.3 is 9.47 Å². The molecule has 0 spiro atoms. The lowest BCUT2D eigenvalue weighted by Crippen LogP contribution is -1.90. The topological polar surface area (TPSA) is 18.5 Å². The van der Waals surface area contributed by atoms with Crippen molar-refractivity contribution in [3.8, 4) is 11.5 Å². The average Bonchev–Trinajstić information content (AvgIpc) is 2.32. The van der Waals surface area contributed by atoms with Gasteiger partial charge in [0.15, 0.2) is 11.5 Å². The van der Waals surface area contributed by atoms with Gasteiger partial charge in [-0.05, 0) is 12.1 Å². The number of halogens is 1. The van der Waals surface area contributed by atoms with Crippen LogP contribution in [0.4, 0.5) is 4.39 Å². The van der Waals surface area contributed by atoms with Gasteiger partial charge in [0.2, 0.25) is 0 Å². The Balaban J connectivity index is 0. The van der Waals surface area contributed by atoms with Gasteiger partial charge in [-0.2, -0.15) is 0 Å². The average molecular weight is 230 g/mol. The van der Waals surface area contributed by atoms with E-state index < -0.39 is 0 Å². The molecule has 0 bridgehead atoms. The highest BCUT2D eigenvalue weighted by Crippen LogP contribution is 2.26. The van der Waals surface area contributed by atoms with Gasteiger partial charge in [-0.15, -0.1) is 0 Å². The van der Waals surface area contributed by atoms with Gasteiger partial charge in [0, 0.05) is 6.07 Å². The molecule has 2 nitrogen and oxygen atoms in total. The molecule has 0 unspecified atom stereocenters. The number of hydrogen-bond donors (Lipinski definition) is 0. The third kappa shape index (κ3) is 7.10. The van der Waals surface area contributed by atoms with E-state index in [1.54, 1.807) is 0 Å². The van der Waals surface area contributed by atoms with Crippen molar-refractivity contribution in [1.82, 2.24) is 0 Å². The fraction of sp³-hybridized carbons (Fsp3) is 0.538. The van der Waals surface area contributed by atoms with Gasteiger partial charge in [-0.3, -0.25) is 0 Å². The van der Waals surface area contributed by atoms with Gasteiger partial charge in [-0.1, -0.05) is 34.1 Å². The van der Waals surface area contributed by atoms with E-state index in [1.807, 2.05) is 13.8 Å². The summed E-state index contributed by atoms with van der Waals surface area (Å²) in [5.41, 5.74) is 0. The number of methoxy groups -OCH3 is 2. The van der Waals surface area contributed by atoms with Gasteiger partial charge >= 0.3 is 0 Å². The quantitative estimate of drug-likeness (QED) is 0.754. The van der Waals surface area contributed by atoms with Crippen LogP contribution in [0.3, 0.4) is 0 Å². The third-order valence-corrected chi connectivity index (χ3v) is 1.35. The Morgan fingerprint density at radius 1 is 1.00 bits per heavy atom. The second-order valence-corrected chi connectivity index (χ2v) is 2.71. The van der Waals surface area contributed by atoms with Crippen molar-refractivity contribution in [2.24, 2.45) is 0 Å². The molecule has 0 radical (unpaired) electrons. The van der Waals surface area contributed by atoms with Crippen molar-refractivity contribution in [2.45, 2.75) is 34.1 Å². The molecule has 0 aliphatic heterocycles. The van der Waals surface area contributed by atoms with Crippen LogP contribution in [0.1, 0.15) is 34.1 Å². The lowest BCUT2D eigenvalue weighted by Gasteiger charge is -2.05. The summed E-state index contributed by atoms with van der Waals surface area (Å²) in [6, 6.07) is 4.12. The summed E-state index contributed by atoms with van der Waals surface area (Å²) >= 11 is 0.